The summed E-state index contributed by atoms with van der Waals surface area (Å²) in [5.41, 5.74) is 6.03. The molecular formula is C18H18N2S2. The van der Waals surface area contributed by atoms with Gasteiger partial charge >= 0.3 is 0 Å². The molecule has 0 spiro atoms. The van der Waals surface area contributed by atoms with Crippen molar-refractivity contribution in [3.8, 4) is 0 Å². The molecule has 0 bridgehead atoms. The molecule has 0 saturated carbocycles. The third kappa shape index (κ3) is 3.18. The lowest BCUT2D eigenvalue weighted by Gasteiger charge is -1.91. The van der Waals surface area contributed by atoms with Gasteiger partial charge < -0.3 is 0 Å². The highest BCUT2D eigenvalue weighted by Gasteiger charge is 2.00. The number of pyridine rings is 2. The molecule has 4 aromatic rings. The van der Waals surface area contributed by atoms with E-state index in [9.17, 15) is 0 Å². The van der Waals surface area contributed by atoms with Crippen LogP contribution in [0.1, 0.15) is 21.6 Å². The Hall–Kier alpha value is -1.78. The summed E-state index contributed by atoms with van der Waals surface area (Å²) in [6.45, 7) is 8.35. The summed E-state index contributed by atoms with van der Waals surface area (Å²) in [5.74, 6) is 0. The molecule has 0 atom stereocenters. The monoisotopic (exact) mass is 326 g/mol. The van der Waals surface area contributed by atoms with Crippen molar-refractivity contribution in [3.05, 3.63) is 57.5 Å². The van der Waals surface area contributed by atoms with Gasteiger partial charge in [-0.15, -0.1) is 22.7 Å². The Morgan fingerprint density at radius 1 is 0.818 bits per heavy atom. The van der Waals surface area contributed by atoms with Crippen molar-refractivity contribution < 1.29 is 0 Å². The quantitative estimate of drug-likeness (QED) is 0.406. The van der Waals surface area contributed by atoms with Crippen molar-refractivity contribution in [1.82, 2.24) is 9.97 Å². The first-order chi connectivity index (χ1) is 10.5. The number of aryl methyl sites for hydroxylation is 4. The molecule has 0 amide bonds. The van der Waals surface area contributed by atoms with E-state index in [0.717, 1.165) is 11.0 Å². The smallest absolute Gasteiger partial charge is 0.0838 e. The van der Waals surface area contributed by atoms with Crippen molar-refractivity contribution in [2.75, 3.05) is 0 Å². The van der Waals surface area contributed by atoms with Crippen LogP contribution in [0.25, 0.3) is 20.4 Å². The highest BCUT2D eigenvalue weighted by Crippen LogP contribution is 2.24. The van der Waals surface area contributed by atoms with Crippen molar-refractivity contribution in [2.45, 2.75) is 27.7 Å². The number of hydrogen-bond donors (Lipinski definition) is 0. The molecule has 0 fully saturated rings. The van der Waals surface area contributed by atoms with Crippen molar-refractivity contribution in [1.29, 1.82) is 0 Å². The topological polar surface area (TPSA) is 25.8 Å². The fourth-order valence-electron chi connectivity index (χ4n) is 2.27. The van der Waals surface area contributed by atoms with Crippen molar-refractivity contribution in [3.63, 3.8) is 0 Å². The number of nitrogens with zero attached hydrogens (tertiary/aromatic N) is 2. The second-order valence-electron chi connectivity index (χ2n) is 5.53. The van der Waals surface area contributed by atoms with Crippen LogP contribution in [0.5, 0.6) is 0 Å². The Bertz CT molecular complexity index is 926. The molecule has 0 saturated heterocycles. The van der Waals surface area contributed by atoms with Gasteiger partial charge in [0.05, 0.1) is 20.4 Å². The lowest BCUT2D eigenvalue weighted by atomic mass is 10.2. The molecule has 0 aliphatic carbocycles. The van der Waals surface area contributed by atoms with Gasteiger partial charge in [0, 0.05) is 17.3 Å². The van der Waals surface area contributed by atoms with Crippen LogP contribution in [0.15, 0.2) is 36.0 Å². The minimum Gasteiger partial charge on any atom is -0.255 e. The normalized spacial score (nSPS) is 10.7. The summed E-state index contributed by atoms with van der Waals surface area (Å²) in [5, 5.41) is 2.15. The predicted molar refractivity (Wildman–Crippen MR) is 98.2 cm³/mol. The Balaban J connectivity index is 0.000000131. The van der Waals surface area contributed by atoms with E-state index in [0.29, 0.717) is 0 Å². The van der Waals surface area contributed by atoms with Crippen molar-refractivity contribution >= 4 is 43.1 Å². The van der Waals surface area contributed by atoms with Gasteiger partial charge in [0.25, 0.3) is 0 Å². The molecule has 112 valence electrons. The van der Waals surface area contributed by atoms with Crippen molar-refractivity contribution in [2.24, 2.45) is 0 Å². The van der Waals surface area contributed by atoms with Gasteiger partial charge in [-0.1, -0.05) is 0 Å². The molecule has 0 N–H and O–H groups in total. The average Bonchev–Trinajstić information content (AvgIpc) is 3.01. The molecule has 0 radical (unpaired) electrons. The van der Waals surface area contributed by atoms with E-state index in [2.05, 4.69) is 61.2 Å². The number of thiophene rings is 2. The Kier molecular flexibility index (Phi) is 4.23. The summed E-state index contributed by atoms with van der Waals surface area (Å²) in [4.78, 5) is 9.99. The van der Waals surface area contributed by atoms with Gasteiger partial charge in [0.15, 0.2) is 0 Å². The van der Waals surface area contributed by atoms with Gasteiger partial charge in [-0.3, -0.25) is 9.97 Å². The maximum Gasteiger partial charge on any atom is 0.0838 e. The molecule has 0 aliphatic heterocycles. The zero-order valence-electron chi connectivity index (χ0n) is 13.2. The SMILES string of the molecule is Cc1cnc2c(C)csc2c1.Cc1cnc2cc(C)sc2c1. The van der Waals surface area contributed by atoms with Crippen LogP contribution in [-0.4, -0.2) is 9.97 Å². The van der Waals surface area contributed by atoms with E-state index < -0.39 is 0 Å². The molecular weight excluding hydrogens is 308 g/mol. The zero-order valence-corrected chi connectivity index (χ0v) is 14.8. The first kappa shape index (κ1) is 15.1. The largest absolute Gasteiger partial charge is 0.255 e. The maximum atomic E-state index is 4.35. The standard InChI is InChI=1S/2C9H9NS/c1-6-3-9-8(10-5-6)4-7(2)11-9;1-6-3-8-9(10-4-6)7(2)5-11-8/h2*3-5H,1-2H3. The fraction of sp³-hybridized carbons (Fsp3) is 0.222. The predicted octanol–water partition coefficient (Wildman–Crippen LogP) is 5.83. The molecule has 2 nitrogen and oxygen atoms in total. The lowest BCUT2D eigenvalue weighted by molar-refractivity contribution is 1.33. The Labute approximate surface area is 138 Å². The minimum atomic E-state index is 1.12. The lowest BCUT2D eigenvalue weighted by Crippen LogP contribution is -1.77. The first-order valence-electron chi connectivity index (χ1n) is 7.16. The summed E-state index contributed by atoms with van der Waals surface area (Å²) >= 11 is 3.57. The minimum absolute atomic E-state index is 1.12. The number of rotatable bonds is 0. The molecule has 0 aliphatic rings. The van der Waals surface area contributed by atoms with Crippen LogP contribution in [0.2, 0.25) is 0 Å². The second kappa shape index (κ2) is 6.15. The van der Waals surface area contributed by atoms with Crippen LogP contribution in [-0.2, 0) is 0 Å². The first-order valence-corrected chi connectivity index (χ1v) is 8.86. The second-order valence-corrected chi connectivity index (χ2v) is 7.73. The van der Waals surface area contributed by atoms with E-state index >= 15 is 0 Å². The summed E-state index contributed by atoms with van der Waals surface area (Å²) in [6.07, 6.45) is 3.83. The third-order valence-electron chi connectivity index (χ3n) is 3.36. The number of hydrogen-bond acceptors (Lipinski definition) is 4. The van der Waals surface area contributed by atoms with Crippen LogP contribution in [0.4, 0.5) is 0 Å². The fourth-order valence-corrected chi connectivity index (χ4v) is 4.25. The number of aromatic nitrogens is 2. The van der Waals surface area contributed by atoms with Crippen LogP contribution < -0.4 is 0 Å². The zero-order chi connectivity index (χ0) is 15.7. The summed E-state index contributed by atoms with van der Waals surface area (Å²) < 4.78 is 2.59. The molecule has 4 aromatic heterocycles. The molecule has 0 unspecified atom stereocenters. The Morgan fingerprint density at radius 3 is 2.27 bits per heavy atom. The average molecular weight is 326 g/mol. The van der Waals surface area contributed by atoms with E-state index in [1.807, 2.05) is 12.4 Å². The maximum absolute atomic E-state index is 4.35. The molecule has 22 heavy (non-hydrogen) atoms. The van der Waals surface area contributed by atoms with Gasteiger partial charge in [-0.2, -0.15) is 0 Å². The van der Waals surface area contributed by atoms with E-state index in [1.165, 1.54) is 31.0 Å². The third-order valence-corrected chi connectivity index (χ3v) is 5.38. The van der Waals surface area contributed by atoms with Gasteiger partial charge in [-0.05, 0) is 68.0 Å². The van der Waals surface area contributed by atoms with Gasteiger partial charge in [0.1, 0.15) is 0 Å². The van der Waals surface area contributed by atoms with Crippen LogP contribution >= 0.6 is 22.7 Å². The van der Waals surface area contributed by atoms with Gasteiger partial charge in [-0.25, -0.2) is 0 Å². The van der Waals surface area contributed by atoms with Crippen LogP contribution in [0, 0.1) is 27.7 Å². The Morgan fingerprint density at radius 2 is 1.50 bits per heavy atom. The molecule has 0 aromatic carbocycles. The molecule has 4 heteroatoms. The highest BCUT2D eigenvalue weighted by atomic mass is 32.1. The van der Waals surface area contributed by atoms with E-state index in [-0.39, 0.29) is 0 Å². The van der Waals surface area contributed by atoms with E-state index in [1.54, 1.807) is 22.7 Å². The van der Waals surface area contributed by atoms with Crippen LogP contribution in [0.3, 0.4) is 0 Å². The summed E-state index contributed by atoms with van der Waals surface area (Å²) in [7, 11) is 0. The summed E-state index contributed by atoms with van der Waals surface area (Å²) in [6, 6.07) is 6.49. The highest BCUT2D eigenvalue weighted by molar-refractivity contribution is 7.19. The molecule has 4 rings (SSSR count). The number of fused-ring (bicyclic) bond motifs is 2. The van der Waals surface area contributed by atoms with Gasteiger partial charge in [0.2, 0.25) is 0 Å². The molecule has 4 heterocycles. The van der Waals surface area contributed by atoms with E-state index in [4.69, 9.17) is 0 Å².